The fourth-order valence-electron chi connectivity index (χ4n) is 3.88. The van der Waals surface area contributed by atoms with E-state index < -0.39 is 23.6 Å². The molecular formula is C24H21FN4O4. The van der Waals surface area contributed by atoms with Crippen LogP contribution in [0.4, 0.5) is 10.1 Å². The van der Waals surface area contributed by atoms with E-state index in [1.54, 1.807) is 23.9 Å². The summed E-state index contributed by atoms with van der Waals surface area (Å²) < 4.78 is 15.0. The lowest BCUT2D eigenvalue weighted by atomic mass is 9.85. The standard InChI is InChI=1S/C24H21FN4O4/c1-13-9-20(27-28(13)2)18-10-15(23(26)31)5-8-21(18)29-12-19(24(32)33)17(11-22(29)30)14-3-6-16(25)7-4-14/h3-10,12,17H,11H2,1-2H3,(H2,26,31)(H,32,33)/t17-/m0/s1. The Hall–Kier alpha value is -4.27. The smallest absolute Gasteiger partial charge is 0.333 e. The maximum Gasteiger partial charge on any atom is 0.333 e. The highest BCUT2D eigenvalue weighted by Crippen LogP contribution is 2.38. The van der Waals surface area contributed by atoms with E-state index in [0.717, 1.165) is 5.69 Å². The molecule has 33 heavy (non-hydrogen) atoms. The third-order valence-electron chi connectivity index (χ3n) is 5.74. The Kier molecular flexibility index (Phi) is 5.55. The summed E-state index contributed by atoms with van der Waals surface area (Å²) >= 11 is 0. The van der Waals surface area contributed by atoms with E-state index in [2.05, 4.69) is 5.10 Å². The van der Waals surface area contributed by atoms with Crippen molar-refractivity contribution in [2.45, 2.75) is 19.3 Å². The first kappa shape index (κ1) is 21.9. The number of aromatic nitrogens is 2. The van der Waals surface area contributed by atoms with Gasteiger partial charge in [0, 0.05) is 42.4 Å². The van der Waals surface area contributed by atoms with Gasteiger partial charge in [0.1, 0.15) is 5.82 Å². The van der Waals surface area contributed by atoms with Crippen molar-refractivity contribution >= 4 is 23.5 Å². The first-order chi connectivity index (χ1) is 15.7. The molecule has 2 amide bonds. The normalized spacial score (nSPS) is 16.0. The van der Waals surface area contributed by atoms with Gasteiger partial charge in [-0.05, 0) is 48.9 Å². The maximum absolute atomic E-state index is 13.3. The van der Waals surface area contributed by atoms with Crippen LogP contribution in [0, 0.1) is 12.7 Å². The number of carboxylic acid groups (broad SMARTS) is 1. The summed E-state index contributed by atoms with van der Waals surface area (Å²) in [7, 11) is 1.76. The van der Waals surface area contributed by atoms with Crippen molar-refractivity contribution in [1.82, 2.24) is 9.78 Å². The van der Waals surface area contributed by atoms with Gasteiger partial charge in [-0.3, -0.25) is 19.2 Å². The van der Waals surface area contributed by atoms with Crippen LogP contribution < -0.4 is 10.6 Å². The zero-order valence-corrected chi connectivity index (χ0v) is 17.9. The van der Waals surface area contributed by atoms with Gasteiger partial charge in [-0.25, -0.2) is 9.18 Å². The van der Waals surface area contributed by atoms with Gasteiger partial charge < -0.3 is 10.8 Å². The fraction of sp³-hybridized carbons (Fsp3) is 0.167. The Labute approximate surface area is 188 Å². The summed E-state index contributed by atoms with van der Waals surface area (Å²) in [4.78, 5) is 38.3. The lowest BCUT2D eigenvalue weighted by Gasteiger charge is -2.30. The largest absolute Gasteiger partial charge is 0.478 e. The van der Waals surface area contributed by atoms with E-state index in [0.29, 0.717) is 22.5 Å². The molecule has 0 bridgehead atoms. The molecule has 2 aromatic carbocycles. The monoisotopic (exact) mass is 448 g/mol. The number of nitrogens with two attached hydrogens (primary N) is 1. The first-order valence-corrected chi connectivity index (χ1v) is 10.1. The van der Waals surface area contributed by atoms with Crippen molar-refractivity contribution in [2.24, 2.45) is 12.8 Å². The molecule has 8 nitrogen and oxygen atoms in total. The third kappa shape index (κ3) is 4.12. The highest BCUT2D eigenvalue weighted by molar-refractivity contribution is 6.05. The molecule has 0 unspecified atom stereocenters. The van der Waals surface area contributed by atoms with Crippen LogP contribution in [0.1, 0.15) is 34.0 Å². The lowest BCUT2D eigenvalue weighted by molar-refractivity contribution is -0.133. The lowest BCUT2D eigenvalue weighted by Crippen LogP contribution is -2.34. The van der Waals surface area contributed by atoms with E-state index in [4.69, 9.17) is 5.73 Å². The number of amides is 2. The Morgan fingerprint density at radius 1 is 1.15 bits per heavy atom. The average molecular weight is 448 g/mol. The van der Waals surface area contributed by atoms with Gasteiger partial charge in [0.05, 0.1) is 17.0 Å². The molecule has 1 atom stereocenters. The summed E-state index contributed by atoms with van der Waals surface area (Å²) in [5.41, 5.74) is 8.39. The minimum absolute atomic E-state index is 0.0108. The summed E-state index contributed by atoms with van der Waals surface area (Å²) in [6.07, 6.45) is 1.16. The molecule has 1 aliphatic rings. The summed E-state index contributed by atoms with van der Waals surface area (Å²) in [6.45, 7) is 1.86. The molecule has 9 heteroatoms. The van der Waals surface area contributed by atoms with Crippen LogP contribution in [0.25, 0.3) is 11.3 Å². The number of aryl methyl sites for hydroxylation is 2. The number of anilines is 1. The highest BCUT2D eigenvalue weighted by Gasteiger charge is 2.34. The summed E-state index contributed by atoms with van der Waals surface area (Å²) in [6, 6.07) is 11.8. The molecule has 2 heterocycles. The Morgan fingerprint density at radius 2 is 1.85 bits per heavy atom. The van der Waals surface area contributed by atoms with Gasteiger partial charge in [-0.2, -0.15) is 5.10 Å². The van der Waals surface area contributed by atoms with Gasteiger partial charge in [-0.1, -0.05) is 12.1 Å². The second-order valence-corrected chi connectivity index (χ2v) is 7.85. The van der Waals surface area contributed by atoms with Gasteiger partial charge >= 0.3 is 5.97 Å². The van der Waals surface area contributed by atoms with Crippen LogP contribution >= 0.6 is 0 Å². The SMILES string of the molecule is Cc1cc(-c2cc(C(N)=O)ccc2N2C=C(C(=O)O)[C@H](c3ccc(F)cc3)CC2=O)nn1C. The first-order valence-electron chi connectivity index (χ1n) is 10.1. The molecule has 0 fully saturated rings. The van der Waals surface area contributed by atoms with E-state index in [-0.39, 0.29) is 23.5 Å². The molecular weight excluding hydrogens is 427 g/mol. The zero-order chi connectivity index (χ0) is 23.9. The number of aliphatic carboxylic acids is 1. The summed E-state index contributed by atoms with van der Waals surface area (Å²) in [5.74, 6) is -3.36. The Bertz CT molecular complexity index is 1290. The quantitative estimate of drug-likeness (QED) is 0.622. The number of rotatable bonds is 5. The minimum Gasteiger partial charge on any atom is -0.478 e. The Morgan fingerprint density at radius 3 is 2.42 bits per heavy atom. The molecule has 4 rings (SSSR count). The second-order valence-electron chi connectivity index (χ2n) is 7.85. The highest BCUT2D eigenvalue weighted by atomic mass is 19.1. The predicted octanol–water partition coefficient (Wildman–Crippen LogP) is 3.12. The average Bonchev–Trinajstić information content (AvgIpc) is 3.11. The molecule has 0 saturated carbocycles. The van der Waals surface area contributed by atoms with Gasteiger partial charge in [0.15, 0.2) is 0 Å². The van der Waals surface area contributed by atoms with Gasteiger partial charge in [-0.15, -0.1) is 0 Å². The summed E-state index contributed by atoms with van der Waals surface area (Å²) in [5, 5.41) is 14.3. The molecule has 0 aliphatic carbocycles. The van der Waals surface area contributed by atoms with E-state index in [9.17, 15) is 23.9 Å². The number of primary amides is 1. The van der Waals surface area contributed by atoms with Crippen molar-refractivity contribution in [3.8, 4) is 11.3 Å². The molecule has 168 valence electrons. The number of nitrogens with zero attached hydrogens (tertiary/aromatic N) is 3. The van der Waals surface area contributed by atoms with Crippen molar-refractivity contribution < 1.29 is 23.9 Å². The van der Waals surface area contributed by atoms with Crippen LogP contribution in [0.3, 0.4) is 0 Å². The third-order valence-corrected chi connectivity index (χ3v) is 5.74. The number of carboxylic acids is 1. The number of carbonyl (C=O) groups excluding carboxylic acids is 2. The van der Waals surface area contributed by atoms with Crippen LogP contribution in [-0.4, -0.2) is 32.7 Å². The maximum atomic E-state index is 13.3. The van der Waals surface area contributed by atoms with E-state index in [1.807, 2.05) is 6.92 Å². The molecule has 3 aromatic rings. The Balaban J connectivity index is 1.86. The van der Waals surface area contributed by atoms with Crippen LogP contribution in [-0.2, 0) is 16.6 Å². The van der Waals surface area contributed by atoms with Crippen molar-refractivity contribution in [3.05, 3.63) is 82.9 Å². The van der Waals surface area contributed by atoms with Crippen LogP contribution in [0.15, 0.2) is 60.3 Å². The number of carbonyl (C=O) groups is 3. The molecule has 3 N–H and O–H groups in total. The number of halogens is 1. The van der Waals surface area contributed by atoms with Crippen LogP contribution in [0.5, 0.6) is 0 Å². The molecule has 1 aromatic heterocycles. The topological polar surface area (TPSA) is 119 Å². The van der Waals surface area contributed by atoms with Crippen molar-refractivity contribution in [1.29, 1.82) is 0 Å². The number of hydrogen-bond donors (Lipinski definition) is 2. The molecule has 0 radical (unpaired) electrons. The zero-order valence-electron chi connectivity index (χ0n) is 17.9. The molecule has 1 aliphatic heterocycles. The fourth-order valence-corrected chi connectivity index (χ4v) is 3.88. The van der Waals surface area contributed by atoms with Crippen LogP contribution in [0.2, 0.25) is 0 Å². The van der Waals surface area contributed by atoms with E-state index in [1.165, 1.54) is 47.5 Å². The molecule has 0 saturated heterocycles. The number of hydrogen-bond acceptors (Lipinski definition) is 4. The second kappa shape index (κ2) is 8.34. The van der Waals surface area contributed by atoms with E-state index >= 15 is 0 Å². The molecule has 0 spiro atoms. The minimum atomic E-state index is -1.19. The number of benzene rings is 2. The van der Waals surface area contributed by atoms with Gasteiger partial charge in [0.2, 0.25) is 11.8 Å². The predicted molar refractivity (Wildman–Crippen MR) is 119 cm³/mol. The van der Waals surface area contributed by atoms with Crippen molar-refractivity contribution in [2.75, 3.05) is 4.90 Å². The van der Waals surface area contributed by atoms with Gasteiger partial charge in [0.25, 0.3) is 0 Å². The van der Waals surface area contributed by atoms with Crippen molar-refractivity contribution in [3.63, 3.8) is 0 Å².